The lowest BCUT2D eigenvalue weighted by Crippen LogP contribution is -2.27. The average Bonchev–Trinajstić information content (AvgIpc) is 3.30. The van der Waals surface area contributed by atoms with E-state index in [1.807, 2.05) is 55.2 Å². The van der Waals surface area contributed by atoms with E-state index in [9.17, 15) is 4.79 Å². The molecule has 0 fully saturated rings. The van der Waals surface area contributed by atoms with Crippen molar-refractivity contribution in [3.05, 3.63) is 83.3 Å². The maximum atomic E-state index is 13.0. The Hall–Kier alpha value is -3.34. The number of nitrogens with one attached hydrogen (secondary N) is 1. The van der Waals surface area contributed by atoms with E-state index in [2.05, 4.69) is 35.2 Å². The van der Waals surface area contributed by atoms with E-state index < -0.39 is 0 Å². The van der Waals surface area contributed by atoms with Crippen LogP contribution in [0.1, 0.15) is 27.2 Å². The second-order valence-corrected chi connectivity index (χ2v) is 6.96. The lowest BCUT2D eigenvalue weighted by molar-refractivity contribution is 0.0779. The van der Waals surface area contributed by atoms with Crippen molar-refractivity contribution < 1.29 is 4.79 Å². The molecule has 5 heteroatoms. The largest absolute Gasteiger partial charge is 0.350 e. The molecule has 0 aliphatic heterocycles. The molecular formula is C22H22N4O. The summed E-state index contributed by atoms with van der Waals surface area (Å²) in [5.41, 5.74) is 5.87. The second-order valence-electron chi connectivity index (χ2n) is 6.96. The number of amides is 1. The molecule has 1 N–H and O–H groups in total. The van der Waals surface area contributed by atoms with Gasteiger partial charge in [-0.25, -0.2) is 4.68 Å². The molecule has 5 nitrogen and oxygen atoms in total. The van der Waals surface area contributed by atoms with Gasteiger partial charge in [-0.2, -0.15) is 5.10 Å². The summed E-state index contributed by atoms with van der Waals surface area (Å²) in [6.07, 6.45) is 3.66. The van der Waals surface area contributed by atoms with Crippen molar-refractivity contribution in [2.75, 3.05) is 7.05 Å². The van der Waals surface area contributed by atoms with E-state index >= 15 is 0 Å². The number of aromatic amines is 1. The SMILES string of the molecule is Cc1ccc2[nH]c(C(=O)N(C)Cc3cccc(-n4cccn4)c3)c(C)c2c1. The number of aromatic nitrogens is 3. The monoisotopic (exact) mass is 358 g/mol. The highest BCUT2D eigenvalue weighted by molar-refractivity contribution is 6.00. The van der Waals surface area contributed by atoms with Gasteiger partial charge in [0.25, 0.3) is 5.91 Å². The van der Waals surface area contributed by atoms with E-state index in [4.69, 9.17) is 0 Å². The van der Waals surface area contributed by atoms with Crippen LogP contribution < -0.4 is 0 Å². The minimum Gasteiger partial charge on any atom is -0.350 e. The van der Waals surface area contributed by atoms with Crippen molar-refractivity contribution in [2.45, 2.75) is 20.4 Å². The zero-order valence-corrected chi connectivity index (χ0v) is 15.7. The van der Waals surface area contributed by atoms with Gasteiger partial charge in [0.05, 0.1) is 5.69 Å². The Labute approximate surface area is 158 Å². The van der Waals surface area contributed by atoms with Crippen LogP contribution in [0.3, 0.4) is 0 Å². The molecule has 1 amide bonds. The number of hydrogen-bond acceptors (Lipinski definition) is 2. The van der Waals surface area contributed by atoms with Gasteiger partial charge in [-0.15, -0.1) is 0 Å². The first kappa shape index (κ1) is 17.1. The van der Waals surface area contributed by atoms with Gasteiger partial charge in [-0.3, -0.25) is 4.79 Å². The second kappa shape index (κ2) is 6.76. The molecule has 0 unspecified atom stereocenters. The molecule has 4 aromatic rings. The van der Waals surface area contributed by atoms with Crippen LogP contribution in [0.15, 0.2) is 60.9 Å². The highest BCUT2D eigenvalue weighted by Crippen LogP contribution is 2.24. The molecule has 0 spiro atoms. The Morgan fingerprint density at radius 2 is 2.00 bits per heavy atom. The highest BCUT2D eigenvalue weighted by Gasteiger charge is 2.18. The van der Waals surface area contributed by atoms with Crippen molar-refractivity contribution in [1.29, 1.82) is 0 Å². The molecule has 2 aromatic heterocycles. The van der Waals surface area contributed by atoms with Gasteiger partial charge >= 0.3 is 0 Å². The number of nitrogens with zero attached hydrogens (tertiary/aromatic N) is 3. The smallest absolute Gasteiger partial charge is 0.270 e. The van der Waals surface area contributed by atoms with Crippen LogP contribution in [-0.2, 0) is 6.54 Å². The Kier molecular flexibility index (Phi) is 4.28. The number of H-pyrrole nitrogens is 1. The summed E-state index contributed by atoms with van der Waals surface area (Å²) in [5, 5.41) is 5.37. The zero-order chi connectivity index (χ0) is 19.0. The van der Waals surface area contributed by atoms with Crippen LogP contribution >= 0.6 is 0 Å². The molecule has 0 aliphatic carbocycles. The molecule has 4 rings (SSSR count). The number of carbonyl (C=O) groups excluding carboxylic acids is 1. The molecule has 0 saturated heterocycles. The first-order valence-corrected chi connectivity index (χ1v) is 8.96. The third kappa shape index (κ3) is 3.24. The summed E-state index contributed by atoms with van der Waals surface area (Å²) in [6, 6.07) is 16.2. The lowest BCUT2D eigenvalue weighted by Gasteiger charge is -2.17. The van der Waals surface area contributed by atoms with Crippen LogP contribution in [0, 0.1) is 13.8 Å². The van der Waals surface area contributed by atoms with Crippen molar-refractivity contribution in [3.8, 4) is 5.69 Å². The summed E-state index contributed by atoms with van der Waals surface area (Å²) < 4.78 is 1.81. The molecule has 0 bridgehead atoms. The van der Waals surface area contributed by atoms with Gasteiger partial charge < -0.3 is 9.88 Å². The summed E-state index contributed by atoms with van der Waals surface area (Å²) >= 11 is 0. The predicted molar refractivity (Wildman–Crippen MR) is 107 cm³/mol. The maximum absolute atomic E-state index is 13.0. The Bertz CT molecular complexity index is 1110. The van der Waals surface area contributed by atoms with Crippen LogP contribution in [0.4, 0.5) is 0 Å². The molecular weight excluding hydrogens is 336 g/mol. The van der Waals surface area contributed by atoms with Gasteiger partial charge in [0.15, 0.2) is 0 Å². The Morgan fingerprint density at radius 3 is 2.78 bits per heavy atom. The quantitative estimate of drug-likeness (QED) is 0.593. The number of carbonyl (C=O) groups is 1. The minimum absolute atomic E-state index is 0.00848. The normalized spacial score (nSPS) is 11.1. The maximum Gasteiger partial charge on any atom is 0.270 e. The van der Waals surface area contributed by atoms with E-state index in [1.165, 1.54) is 5.56 Å². The summed E-state index contributed by atoms with van der Waals surface area (Å²) in [4.78, 5) is 18.0. The van der Waals surface area contributed by atoms with E-state index in [-0.39, 0.29) is 5.91 Å². The Morgan fingerprint density at radius 1 is 1.15 bits per heavy atom. The van der Waals surface area contributed by atoms with Crippen molar-refractivity contribution in [3.63, 3.8) is 0 Å². The van der Waals surface area contributed by atoms with Crippen LogP contribution in [-0.4, -0.2) is 32.6 Å². The fourth-order valence-electron chi connectivity index (χ4n) is 3.41. The number of benzene rings is 2. The van der Waals surface area contributed by atoms with Gasteiger partial charge in [0.2, 0.25) is 0 Å². The number of hydrogen-bond donors (Lipinski definition) is 1. The third-order valence-corrected chi connectivity index (χ3v) is 4.87. The fraction of sp³-hybridized carbons (Fsp3) is 0.182. The van der Waals surface area contributed by atoms with Crippen molar-refractivity contribution in [2.24, 2.45) is 0 Å². The fourth-order valence-corrected chi connectivity index (χ4v) is 3.41. The van der Waals surface area contributed by atoms with Crippen LogP contribution in [0.2, 0.25) is 0 Å². The highest BCUT2D eigenvalue weighted by atomic mass is 16.2. The van der Waals surface area contributed by atoms with Gasteiger partial charge in [0, 0.05) is 36.9 Å². The van der Waals surface area contributed by atoms with E-state index in [0.717, 1.165) is 27.7 Å². The first-order chi connectivity index (χ1) is 13.0. The molecule has 0 atom stereocenters. The van der Waals surface area contributed by atoms with Gasteiger partial charge in [-0.05, 0) is 55.3 Å². The van der Waals surface area contributed by atoms with Crippen molar-refractivity contribution in [1.82, 2.24) is 19.7 Å². The summed E-state index contributed by atoms with van der Waals surface area (Å²) in [6.45, 7) is 4.59. The molecule has 2 heterocycles. The van der Waals surface area contributed by atoms with E-state index in [1.54, 1.807) is 11.1 Å². The standard InChI is InChI=1S/C22H22N4O/c1-15-8-9-20-19(12-15)16(2)21(24-20)22(27)25(3)14-17-6-4-7-18(13-17)26-11-5-10-23-26/h4-13,24H,14H2,1-3H3. The summed E-state index contributed by atoms with van der Waals surface area (Å²) in [7, 11) is 1.83. The topological polar surface area (TPSA) is 53.9 Å². The third-order valence-electron chi connectivity index (χ3n) is 4.87. The van der Waals surface area contributed by atoms with E-state index in [0.29, 0.717) is 12.2 Å². The van der Waals surface area contributed by atoms with Crippen LogP contribution in [0.5, 0.6) is 0 Å². The van der Waals surface area contributed by atoms with Gasteiger partial charge in [0.1, 0.15) is 5.69 Å². The number of fused-ring (bicyclic) bond motifs is 1. The zero-order valence-electron chi connectivity index (χ0n) is 15.7. The van der Waals surface area contributed by atoms with Gasteiger partial charge in [-0.1, -0.05) is 23.8 Å². The number of aryl methyl sites for hydroxylation is 2. The molecule has 0 aliphatic rings. The van der Waals surface area contributed by atoms with Crippen LogP contribution in [0.25, 0.3) is 16.6 Å². The number of rotatable bonds is 4. The molecule has 136 valence electrons. The van der Waals surface area contributed by atoms with Crippen molar-refractivity contribution >= 4 is 16.8 Å². The molecule has 0 saturated carbocycles. The average molecular weight is 358 g/mol. The minimum atomic E-state index is -0.00848. The first-order valence-electron chi connectivity index (χ1n) is 8.96. The predicted octanol–water partition coefficient (Wildman–Crippen LogP) is 4.24. The lowest BCUT2D eigenvalue weighted by atomic mass is 10.1. The molecule has 27 heavy (non-hydrogen) atoms. The molecule has 0 radical (unpaired) electrons. The Balaban J connectivity index is 1.58. The molecule has 2 aromatic carbocycles. The summed E-state index contributed by atoms with van der Waals surface area (Å²) in [5.74, 6) is -0.00848.